The molecule has 196 valence electrons. The van der Waals surface area contributed by atoms with E-state index >= 15 is 0 Å². The number of allylic oxidation sites excluding steroid dienone is 4. The second-order valence-corrected chi connectivity index (χ2v) is 11.0. The minimum Gasteiger partial charge on any atom is -0.375 e. The second-order valence-electron chi connectivity index (χ2n) is 10.0. The monoisotopic (exact) mass is 545 g/mol. The molecule has 0 unspecified atom stereocenters. The lowest BCUT2D eigenvalue weighted by molar-refractivity contribution is -0.145. The summed E-state index contributed by atoms with van der Waals surface area (Å²) in [6.45, 7) is 0.969. The Kier molecular flexibility index (Phi) is 7.81. The van der Waals surface area contributed by atoms with E-state index in [0.717, 1.165) is 5.56 Å². The van der Waals surface area contributed by atoms with E-state index in [1.54, 1.807) is 17.1 Å². The predicted molar refractivity (Wildman–Crippen MR) is 137 cm³/mol. The first kappa shape index (κ1) is 26.1. The fourth-order valence-corrected chi connectivity index (χ4v) is 6.13. The Morgan fingerprint density at radius 1 is 0.757 bits per heavy atom. The van der Waals surface area contributed by atoms with Crippen LogP contribution in [0.5, 0.6) is 0 Å². The summed E-state index contributed by atoms with van der Waals surface area (Å²) >= 11 is 12.3. The lowest BCUT2D eigenvalue weighted by Crippen LogP contribution is -2.49. The van der Waals surface area contributed by atoms with Crippen LogP contribution in [0.1, 0.15) is 31.2 Å². The van der Waals surface area contributed by atoms with Crippen molar-refractivity contribution in [2.75, 3.05) is 26.5 Å². The standard InChI is InChI=1S/C27H29Cl2N3O5/c28-18-6-8-20-22(12-18)26(35)31(24(20)33)15-30(10-11-37-14-17-4-2-1-3-5-17)16-32-25(34)21-9-7-19(29)13-23(21)27(32)36/h1-7,20-23H,8-16H2/t20-,21-,22+,23+/m1/s1. The first-order valence-electron chi connectivity index (χ1n) is 12.6. The van der Waals surface area contributed by atoms with Gasteiger partial charge in [-0.3, -0.25) is 33.9 Å². The fourth-order valence-electron chi connectivity index (χ4n) is 5.61. The van der Waals surface area contributed by atoms with Crippen molar-refractivity contribution in [3.63, 3.8) is 0 Å². The maximum absolute atomic E-state index is 13.1. The molecule has 8 nitrogen and oxygen atoms in total. The summed E-state index contributed by atoms with van der Waals surface area (Å²) in [6, 6.07) is 9.72. The molecule has 4 aliphatic rings. The summed E-state index contributed by atoms with van der Waals surface area (Å²) in [7, 11) is 0. The molecule has 4 atom stereocenters. The van der Waals surface area contributed by atoms with E-state index in [2.05, 4.69) is 0 Å². The number of halogens is 2. The van der Waals surface area contributed by atoms with Gasteiger partial charge in [0.05, 0.1) is 50.2 Å². The Hall–Kier alpha value is -2.52. The van der Waals surface area contributed by atoms with Crippen LogP contribution in [0.15, 0.2) is 52.5 Å². The van der Waals surface area contributed by atoms with Gasteiger partial charge < -0.3 is 4.74 Å². The molecule has 1 aromatic carbocycles. The van der Waals surface area contributed by atoms with E-state index in [1.165, 1.54) is 9.80 Å². The van der Waals surface area contributed by atoms with Gasteiger partial charge in [0.25, 0.3) is 0 Å². The Bertz CT molecular complexity index is 1090. The van der Waals surface area contributed by atoms with Gasteiger partial charge >= 0.3 is 0 Å². The molecule has 2 heterocycles. The van der Waals surface area contributed by atoms with Crippen molar-refractivity contribution in [2.45, 2.75) is 32.3 Å². The SMILES string of the molecule is O=C1[C@H]2CC(Cl)=CC[C@H]2C(=O)N1CN(CCOCc1ccccc1)CN1C(=O)[C@H]2CC(Cl)=CC[C@H]2C1=O. The number of nitrogens with zero attached hydrogens (tertiary/aromatic N) is 3. The molecule has 0 bridgehead atoms. The Labute approximate surface area is 225 Å². The number of carbonyl (C=O) groups excluding carboxylic acids is 4. The highest BCUT2D eigenvalue weighted by Gasteiger charge is 2.51. The van der Waals surface area contributed by atoms with E-state index in [1.807, 2.05) is 30.3 Å². The second kappa shape index (κ2) is 11.1. The molecule has 37 heavy (non-hydrogen) atoms. The van der Waals surface area contributed by atoms with Gasteiger partial charge in [-0.25, -0.2) is 0 Å². The average Bonchev–Trinajstić information content (AvgIpc) is 3.26. The molecule has 0 aromatic heterocycles. The van der Waals surface area contributed by atoms with E-state index in [0.29, 0.717) is 55.5 Å². The molecule has 2 aliphatic heterocycles. The van der Waals surface area contributed by atoms with Gasteiger partial charge in [0.2, 0.25) is 23.6 Å². The van der Waals surface area contributed by atoms with Crippen LogP contribution in [0.3, 0.4) is 0 Å². The van der Waals surface area contributed by atoms with Crippen LogP contribution in [-0.4, -0.2) is 64.8 Å². The van der Waals surface area contributed by atoms with Gasteiger partial charge in [0.1, 0.15) is 0 Å². The zero-order valence-corrected chi connectivity index (χ0v) is 21.9. The molecule has 0 spiro atoms. The molecule has 10 heteroatoms. The highest BCUT2D eigenvalue weighted by molar-refractivity contribution is 6.30. The maximum Gasteiger partial charge on any atom is 0.234 e. The number of benzene rings is 1. The molecule has 5 rings (SSSR count). The van der Waals surface area contributed by atoms with E-state index < -0.39 is 23.7 Å². The van der Waals surface area contributed by atoms with Crippen molar-refractivity contribution in [3.05, 3.63) is 58.1 Å². The molecule has 1 aromatic rings. The van der Waals surface area contributed by atoms with E-state index in [4.69, 9.17) is 27.9 Å². The van der Waals surface area contributed by atoms with Crippen LogP contribution in [0.2, 0.25) is 0 Å². The van der Waals surface area contributed by atoms with Crippen LogP contribution < -0.4 is 0 Å². The largest absolute Gasteiger partial charge is 0.375 e. The molecule has 0 radical (unpaired) electrons. The Morgan fingerprint density at radius 3 is 1.76 bits per heavy atom. The summed E-state index contributed by atoms with van der Waals surface area (Å²) in [5.41, 5.74) is 1.02. The van der Waals surface area contributed by atoms with Crippen LogP contribution in [-0.2, 0) is 30.5 Å². The summed E-state index contributed by atoms with van der Waals surface area (Å²) in [4.78, 5) is 56.8. The van der Waals surface area contributed by atoms with Gasteiger partial charge in [0, 0.05) is 16.6 Å². The van der Waals surface area contributed by atoms with Crippen LogP contribution >= 0.6 is 23.2 Å². The van der Waals surface area contributed by atoms with Gasteiger partial charge in [-0.2, -0.15) is 0 Å². The number of hydrogen-bond donors (Lipinski definition) is 0. The number of ether oxygens (including phenoxy) is 1. The van der Waals surface area contributed by atoms with Crippen LogP contribution in [0.25, 0.3) is 0 Å². The van der Waals surface area contributed by atoms with Gasteiger partial charge in [-0.1, -0.05) is 65.7 Å². The van der Waals surface area contributed by atoms with Crippen molar-refractivity contribution < 1.29 is 23.9 Å². The van der Waals surface area contributed by atoms with Gasteiger partial charge in [-0.15, -0.1) is 0 Å². The third kappa shape index (κ3) is 5.39. The summed E-state index contributed by atoms with van der Waals surface area (Å²) in [5.74, 6) is -2.78. The fraction of sp³-hybridized carbons (Fsp3) is 0.481. The van der Waals surface area contributed by atoms with E-state index in [9.17, 15) is 19.2 Å². The molecular formula is C27H29Cl2N3O5. The van der Waals surface area contributed by atoms with Gasteiger partial charge in [-0.05, 0) is 31.2 Å². The molecule has 2 aliphatic carbocycles. The molecule has 0 N–H and O–H groups in total. The molecular weight excluding hydrogens is 517 g/mol. The first-order valence-corrected chi connectivity index (χ1v) is 13.3. The Morgan fingerprint density at radius 2 is 1.24 bits per heavy atom. The molecule has 2 saturated heterocycles. The average molecular weight is 546 g/mol. The van der Waals surface area contributed by atoms with Crippen LogP contribution in [0, 0.1) is 23.7 Å². The number of likely N-dealkylation sites (tertiary alicyclic amines) is 2. The number of imide groups is 2. The lowest BCUT2D eigenvalue weighted by Gasteiger charge is -2.30. The molecule has 4 amide bonds. The smallest absolute Gasteiger partial charge is 0.234 e. The van der Waals surface area contributed by atoms with Crippen molar-refractivity contribution in [2.24, 2.45) is 23.7 Å². The number of rotatable bonds is 9. The highest BCUT2D eigenvalue weighted by Crippen LogP contribution is 2.40. The minimum atomic E-state index is -0.465. The molecule has 0 saturated carbocycles. The zero-order chi connectivity index (χ0) is 26.1. The maximum atomic E-state index is 13.1. The number of carbonyl (C=O) groups is 4. The zero-order valence-electron chi connectivity index (χ0n) is 20.4. The quantitative estimate of drug-likeness (QED) is 0.349. The van der Waals surface area contributed by atoms with Crippen LogP contribution in [0.4, 0.5) is 0 Å². The number of fused-ring (bicyclic) bond motifs is 2. The van der Waals surface area contributed by atoms with Crippen molar-refractivity contribution in [1.82, 2.24) is 14.7 Å². The van der Waals surface area contributed by atoms with Crippen molar-refractivity contribution >= 4 is 46.8 Å². The Balaban J connectivity index is 1.28. The summed E-state index contributed by atoms with van der Waals surface area (Å²) in [5, 5.41) is 1.19. The van der Waals surface area contributed by atoms with E-state index in [-0.39, 0.29) is 37.0 Å². The first-order chi connectivity index (χ1) is 17.8. The normalized spacial score (nSPS) is 27.5. The van der Waals surface area contributed by atoms with Gasteiger partial charge in [0.15, 0.2) is 0 Å². The summed E-state index contributed by atoms with van der Waals surface area (Å²) < 4.78 is 5.83. The number of amides is 4. The van der Waals surface area contributed by atoms with Crippen molar-refractivity contribution in [1.29, 1.82) is 0 Å². The third-order valence-electron chi connectivity index (χ3n) is 7.67. The summed E-state index contributed by atoms with van der Waals surface area (Å²) in [6.07, 6.45) is 5.18. The lowest BCUT2D eigenvalue weighted by atomic mass is 9.85. The highest BCUT2D eigenvalue weighted by atomic mass is 35.5. The predicted octanol–water partition coefficient (Wildman–Crippen LogP) is 3.46. The third-order valence-corrected chi connectivity index (χ3v) is 8.28. The van der Waals surface area contributed by atoms with Crippen molar-refractivity contribution in [3.8, 4) is 0 Å². The minimum absolute atomic E-state index is 0.0254. The molecule has 2 fully saturated rings. The number of hydrogen-bond acceptors (Lipinski definition) is 6. The topological polar surface area (TPSA) is 87.2 Å².